The highest BCUT2D eigenvalue weighted by atomic mass is 16.5. The van der Waals surface area contributed by atoms with Crippen LogP contribution in [0.25, 0.3) is 5.57 Å². The number of ether oxygens (including phenoxy) is 1. The molecule has 0 aromatic carbocycles. The van der Waals surface area contributed by atoms with E-state index in [1.807, 2.05) is 12.4 Å². The average Bonchev–Trinajstić information content (AvgIpc) is 3.11. The highest BCUT2D eigenvalue weighted by Gasteiger charge is 2.57. The molecule has 0 saturated heterocycles. The number of nitrogens with zero attached hydrogens (tertiary/aromatic N) is 1. The SMILES string of the molecule is C[C@H](N)C(=O)O[C@H]1CC[C@@]2(C)C(=CC[C@@H]3[C@@H]2CC[C@]2(C)C(c4cccnc4)=CC[C@@H]32)C1. The molecule has 0 radical (unpaired) electrons. The maximum Gasteiger partial charge on any atom is 0.322 e. The summed E-state index contributed by atoms with van der Waals surface area (Å²) < 4.78 is 5.71. The van der Waals surface area contributed by atoms with Crippen LogP contribution in [0.4, 0.5) is 0 Å². The molecule has 2 saturated carbocycles. The van der Waals surface area contributed by atoms with Crippen LogP contribution < -0.4 is 5.73 Å². The lowest BCUT2D eigenvalue weighted by Gasteiger charge is -2.57. The van der Waals surface area contributed by atoms with Gasteiger partial charge in [-0.1, -0.05) is 37.6 Å². The standard InChI is InChI=1S/C27H36N2O2/c1-17(28)25(30)31-20-10-12-26(2)19(15-20)6-7-21-23-9-8-22(18-5-4-14-29-16-18)27(23,3)13-11-24(21)26/h4-6,8,14,16-17,20-21,23-24H,7,9-13,15,28H2,1-3H3/t17-,20-,21-,23-,24-,26-,27+/m0/s1. The van der Waals surface area contributed by atoms with Gasteiger partial charge in [-0.05, 0) is 91.2 Å². The van der Waals surface area contributed by atoms with Gasteiger partial charge in [-0.3, -0.25) is 9.78 Å². The maximum absolute atomic E-state index is 12.0. The number of allylic oxidation sites excluding steroid dienone is 3. The molecule has 1 heterocycles. The zero-order valence-electron chi connectivity index (χ0n) is 19.1. The van der Waals surface area contributed by atoms with Crippen molar-refractivity contribution in [2.24, 2.45) is 34.3 Å². The summed E-state index contributed by atoms with van der Waals surface area (Å²) in [4.78, 5) is 16.4. The molecule has 0 amide bonds. The molecule has 31 heavy (non-hydrogen) atoms. The highest BCUT2D eigenvalue weighted by molar-refractivity contribution is 5.75. The van der Waals surface area contributed by atoms with Crippen molar-refractivity contribution in [2.75, 3.05) is 0 Å². The average molecular weight is 421 g/mol. The summed E-state index contributed by atoms with van der Waals surface area (Å²) in [6, 6.07) is 3.74. The fourth-order valence-electron chi connectivity index (χ4n) is 7.54. The zero-order valence-corrected chi connectivity index (χ0v) is 19.1. The smallest absolute Gasteiger partial charge is 0.322 e. The first-order valence-electron chi connectivity index (χ1n) is 12.1. The summed E-state index contributed by atoms with van der Waals surface area (Å²) in [5.74, 6) is 1.92. The van der Waals surface area contributed by atoms with Gasteiger partial charge in [0, 0.05) is 18.8 Å². The van der Waals surface area contributed by atoms with Crippen molar-refractivity contribution < 1.29 is 9.53 Å². The monoisotopic (exact) mass is 420 g/mol. The Hall–Kier alpha value is -1.94. The Morgan fingerprint density at radius 1 is 1.16 bits per heavy atom. The van der Waals surface area contributed by atoms with Crippen LogP contribution in [0.15, 0.2) is 42.3 Å². The molecule has 0 spiro atoms. The van der Waals surface area contributed by atoms with Crippen LogP contribution in [0, 0.1) is 28.6 Å². The van der Waals surface area contributed by atoms with E-state index >= 15 is 0 Å². The summed E-state index contributed by atoms with van der Waals surface area (Å²) in [5, 5.41) is 0. The van der Waals surface area contributed by atoms with Crippen LogP contribution in [0.2, 0.25) is 0 Å². The van der Waals surface area contributed by atoms with E-state index in [2.05, 4.69) is 43.1 Å². The number of hydrogen-bond acceptors (Lipinski definition) is 4. The van der Waals surface area contributed by atoms with Gasteiger partial charge in [0.2, 0.25) is 0 Å². The Labute approximate surface area is 186 Å². The van der Waals surface area contributed by atoms with Gasteiger partial charge in [-0.25, -0.2) is 0 Å². The fraction of sp³-hybridized carbons (Fsp3) is 0.630. The number of hydrogen-bond donors (Lipinski definition) is 1. The van der Waals surface area contributed by atoms with Crippen LogP contribution in [0.5, 0.6) is 0 Å². The van der Waals surface area contributed by atoms with Crippen molar-refractivity contribution in [2.45, 2.75) is 77.9 Å². The van der Waals surface area contributed by atoms with E-state index in [1.165, 1.54) is 36.0 Å². The summed E-state index contributed by atoms with van der Waals surface area (Å²) >= 11 is 0. The van der Waals surface area contributed by atoms with Crippen molar-refractivity contribution in [1.82, 2.24) is 4.98 Å². The van der Waals surface area contributed by atoms with E-state index in [1.54, 1.807) is 6.92 Å². The van der Waals surface area contributed by atoms with E-state index in [9.17, 15) is 4.79 Å². The Morgan fingerprint density at radius 2 is 1.97 bits per heavy atom. The maximum atomic E-state index is 12.0. The summed E-state index contributed by atoms with van der Waals surface area (Å²) in [7, 11) is 0. The topological polar surface area (TPSA) is 65.2 Å². The quantitative estimate of drug-likeness (QED) is 0.532. The number of rotatable bonds is 3. The molecule has 2 N–H and O–H groups in total. The van der Waals surface area contributed by atoms with E-state index in [-0.39, 0.29) is 22.9 Å². The normalized spacial score (nSPS) is 40.0. The molecule has 1 aromatic rings. The van der Waals surface area contributed by atoms with Crippen LogP contribution in [-0.2, 0) is 9.53 Å². The van der Waals surface area contributed by atoms with Gasteiger partial charge in [-0.2, -0.15) is 0 Å². The first-order valence-corrected chi connectivity index (χ1v) is 12.1. The molecule has 7 atom stereocenters. The summed E-state index contributed by atoms with van der Waals surface area (Å²) in [6.45, 7) is 6.70. The first kappa shape index (κ1) is 20.9. The lowest BCUT2D eigenvalue weighted by Crippen LogP contribution is -2.50. The molecule has 0 bridgehead atoms. The predicted molar refractivity (Wildman–Crippen MR) is 123 cm³/mol. The molecule has 2 fully saturated rings. The Balaban J connectivity index is 1.37. The third-order valence-corrected chi connectivity index (χ3v) is 9.27. The van der Waals surface area contributed by atoms with Crippen LogP contribution >= 0.6 is 0 Å². The Kier molecular flexibility index (Phi) is 5.12. The second-order valence-corrected chi connectivity index (χ2v) is 10.9. The number of esters is 1. The van der Waals surface area contributed by atoms with Gasteiger partial charge in [-0.15, -0.1) is 0 Å². The van der Waals surface area contributed by atoms with Crippen LogP contribution in [-0.4, -0.2) is 23.1 Å². The first-order chi connectivity index (χ1) is 14.8. The number of nitrogens with two attached hydrogens (primary N) is 1. The van der Waals surface area contributed by atoms with Gasteiger partial charge < -0.3 is 10.5 Å². The number of carbonyl (C=O) groups is 1. The summed E-state index contributed by atoms with van der Waals surface area (Å²) in [5.41, 5.74) is 10.6. The van der Waals surface area contributed by atoms with Crippen molar-refractivity contribution >= 4 is 11.5 Å². The van der Waals surface area contributed by atoms with E-state index in [0.717, 1.165) is 37.5 Å². The van der Waals surface area contributed by atoms with Crippen LogP contribution in [0.3, 0.4) is 0 Å². The molecule has 4 heteroatoms. The van der Waals surface area contributed by atoms with Crippen molar-refractivity contribution in [3.8, 4) is 0 Å². The lowest BCUT2D eigenvalue weighted by atomic mass is 9.47. The Bertz CT molecular complexity index is 920. The number of pyridine rings is 1. The van der Waals surface area contributed by atoms with E-state index in [0.29, 0.717) is 5.92 Å². The van der Waals surface area contributed by atoms with Crippen molar-refractivity contribution in [3.63, 3.8) is 0 Å². The number of aromatic nitrogens is 1. The molecule has 0 unspecified atom stereocenters. The minimum Gasteiger partial charge on any atom is -0.461 e. The number of fused-ring (bicyclic) bond motifs is 5. The summed E-state index contributed by atoms with van der Waals surface area (Å²) in [6.07, 6.45) is 16.8. The molecule has 4 aliphatic carbocycles. The molecule has 0 aliphatic heterocycles. The van der Waals surface area contributed by atoms with Gasteiger partial charge in [0.15, 0.2) is 0 Å². The molecular weight excluding hydrogens is 384 g/mol. The van der Waals surface area contributed by atoms with E-state index in [4.69, 9.17) is 10.5 Å². The Morgan fingerprint density at radius 3 is 2.71 bits per heavy atom. The minimum absolute atomic E-state index is 0.00596. The van der Waals surface area contributed by atoms with Gasteiger partial charge in [0.05, 0.1) is 0 Å². The van der Waals surface area contributed by atoms with Crippen molar-refractivity contribution in [3.05, 3.63) is 47.8 Å². The third kappa shape index (κ3) is 3.29. The molecule has 4 aliphatic rings. The van der Waals surface area contributed by atoms with Crippen LogP contribution in [0.1, 0.15) is 71.3 Å². The molecule has 1 aromatic heterocycles. The lowest BCUT2D eigenvalue weighted by molar-refractivity contribution is -0.152. The predicted octanol–water partition coefficient (Wildman–Crippen LogP) is 5.30. The van der Waals surface area contributed by atoms with E-state index < -0.39 is 6.04 Å². The minimum atomic E-state index is -0.544. The highest BCUT2D eigenvalue weighted by Crippen LogP contribution is 2.66. The molecule has 4 nitrogen and oxygen atoms in total. The molecule has 5 rings (SSSR count). The fourth-order valence-corrected chi connectivity index (χ4v) is 7.54. The molecule has 166 valence electrons. The second kappa shape index (κ2) is 7.58. The number of carbonyl (C=O) groups excluding carboxylic acids is 1. The van der Waals surface area contributed by atoms with Crippen molar-refractivity contribution in [1.29, 1.82) is 0 Å². The third-order valence-electron chi connectivity index (χ3n) is 9.27. The zero-order chi connectivity index (χ0) is 21.8. The van der Waals surface area contributed by atoms with Gasteiger partial charge in [0.1, 0.15) is 12.1 Å². The molecular formula is C27H36N2O2. The largest absolute Gasteiger partial charge is 0.461 e. The van der Waals surface area contributed by atoms with Gasteiger partial charge in [0.25, 0.3) is 0 Å². The second-order valence-electron chi connectivity index (χ2n) is 10.9. The van der Waals surface area contributed by atoms with Gasteiger partial charge >= 0.3 is 5.97 Å².